The van der Waals surface area contributed by atoms with E-state index < -0.39 is 33.8 Å². The zero-order valence-corrected chi connectivity index (χ0v) is 18.5. The first-order valence-corrected chi connectivity index (χ1v) is 12.1. The van der Waals surface area contributed by atoms with Crippen molar-refractivity contribution in [2.75, 3.05) is 26.2 Å². The molecule has 4 rings (SSSR count). The minimum atomic E-state index is -3.90. The van der Waals surface area contributed by atoms with E-state index in [9.17, 15) is 23.7 Å². The lowest BCUT2D eigenvalue weighted by Gasteiger charge is -2.36. The van der Waals surface area contributed by atoms with Gasteiger partial charge in [0.15, 0.2) is 0 Å². The first kappa shape index (κ1) is 23.1. The molecule has 4 N–H and O–H groups in total. The summed E-state index contributed by atoms with van der Waals surface area (Å²) in [5.74, 6) is 0.198. The van der Waals surface area contributed by atoms with Crippen LogP contribution in [0.2, 0.25) is 0 Å². The van der Waals surface area contributed by atoms with Crippen LogP contribution in [0.1, 0.15) is 18.4 Å². The maximum absolute atomic E-state index is 12.8. The largest absolute Gasteiger partial charge is 0.492 e. The average Bonchev–Trinajstić information content (AvgIpc) is 3.04. The molecule has 2 heterocycles. The van der Waals surface area contributed by atoms with Crippen molar-refractivity contribution >= 4 is 10.0 Å². The van der Waals surface area contributed by atoms with E-state index in [2.05, 4.69) is 9.71 Å². The van der Waals surface area contributed by atoms with Crippen molar-refractivity contribution < 1.29 is 28.5 Å². The monoisotopic (exact) mass is 463 g/mol. The number of aliphatic hydroxyl groups is 3. The van der Waals surface area contributed by atoms with Gasteiger partial charge in [-0.15, -0.1) is 0 Å². The molecule has 1 spiro atoms. The zero-order valence-electron chi connectivity index (χ0n) is 17.7. The first-order valence-electron chi connectivity index (χ1n) is 10.6. The highest BCUT2D eigenvalue weighted by Crippen LogP contribution is 2.41. The zero-order chi connectivity index (χ0) is 22.8. The summed E-state index contributed by atoms with van der Waals surface area (Å²) in [6.07, 6.45) is 1.29. The minimum absolute atomic E-state index is 0.00534. The van der Waals surface area contributed by atoms with Crippen LogP contribution in [0.4, 0.5) is 0 Å². The number of nitrogens with zero attached hydrogens (tertiary/aromatic N) is 2. The van der Waals surface area contributed by atoms with Crippen LogP contribution in [0.5, 0.6) is 5.75 Å². The second-order valence-electron chi connectivity index (χ2n) is 8.81. The molecule has 1 aromatic heterocycles. The number of ether oxygens (including phenoxy) is 1. The summed E-state index contributed by atoms with van der Waals surface area (Å²) in [7, 11) is -3.90. The SMILES string of the molecule is O=S1(=O)NC[C@H](O)CN(Cc2cccnc2)CC2(COc3ccccc31)C[C@@H](O)[C@@H](O)C2. The lowest BCUT2D eigenvalue weighted by Crippen LogP contribution is -2.46. The van der Waals surface area contributed by atoms with Crippen LogP contribution in [0, 0.1) is 5.41 Å². The van der Waals surface area contributed by atoms with E-state index in [0.717, 1.165) is 5.56 Å². The number of hydrogen-bond acceptors (Lipinski definition) is 8. The van der Waals surface area contributed by atoms with Crippen molar-refractivity contribution in [3.8, 4) is 5.75 Å². The molecule has 1 aliphatic heterocycles. The summed E-state index contributed by atoms with van der Waals surface area (Å²) in [5, 5.41) is 31.3. The molecule has 0 amide bonds. The van der Waals surface area contributed by atoms with Gasteiger partial charge in [0, 0.05) is 44.0 Å². The maximum atomic E-state index is 12.8. The Morgan fingerprint density at radius 1 is 1.12 bits per heavy atom. The molecule has 0 bridgehead atoms. The van der Waals surface area contributed by atoms with Crippen molar-refractivity contribution in [1.82, 2.24) is 14.6 Å². The number of para-hydroxylation sites is 1. The van der Waals surface area contributed by atoms with E-state index in [1.54, 1.807) is 30.6 Å². The van der Waals surface area contributed by atoms with Crippen LogP contribution >= 0.6 is 0 Å². The molecule has 1 aliphatic carbocycles. The average molecular weight is 464 g/mol. The van der Waals surface area contributed by atoms with Crippen molar-refractivity contribution in [2.45, 2.75) is 42.6 Å². The summed E-state index contributed by atoms with van der Waals surface area (Å²) in [5.41, 5.74) is 0.317. The van der Waals surface area contributed by atoms with Gasteiger partial charge in [0.2, 0.25) is 10.0 Å². The van der Waals surface area contributed by atoms with E-state index in [1.807, 2.05) is 17.0 Å². The number of rotatable bonds is 2. The van der Waals surface area contributed by atoms with Gasteiger partial charge in [-0.05, 0) is 36.6 Å². The van der Waals surface area contributed by atoms with Gasteiger partial charge in [-0.25, -0.2) is 13.1 Å². The lowest BCUT2D eigenvalue weighted by molar-refractivity contribution is 0.0427. The Bertz CT molecular complexity index is 1010. The summed E-state index contributed by atoms with van der Waals surface area (Å²) >= 11 is 0. The van der Waals surface area contributed by atoms with E-state index in [-0.39, 0.29) is 30.3 Å². The number of nitrogens with one attached hydrogen (secondary N) is 1. The van der Waals surface area contributed by atoms with Crippen LogP contribution in [0.3, 0.4) is 0 Å². The van der Waals surface area contributed by atoms with Gasteiger partial charge in [0.25, 0.3) is 0 Å². The smallest absolute Gasteiger partial charge is 0.244 e. The van der Waals surface area contributed by atoms with Gasteiger partial charge in [-0.3, -0.25) is 9.88 Å². The first-order chi connectivity index (χ1) is 15.3. The van der Waals surface area contributed by atoms with Crippen LogP contribution in [-0.4, -0.2) is 78.2 Å². The molecule has 4 atom stereocenters. The third-order valence-corrected chi connectivity index (χ3v) is 7.53. The molecule has 1 saturated carbocycles. The van der Waals surface area contributed by atoms with Crippen molar-refractivity contribution in [2.24, 2.45) is 5.41 Å². The predicted molar refractivity (Wildman–Crippen MR) is 116 cm³/mol. The molecular weight excluding hydrogens is 434 g/mol. The van der Waals surface area contributed by atoms with Gasteiger partial charge < -0.3 is 20.1 Å². The number of pyridine rings is 1. The Morgan fingerprint density at radius 2 is 1.88 bits per heavy atom. The number of β-amino-alcohol motifs (C(OH)–C–C–N with tert-alkyl or cyclic N) is 1. The molecule has 1 aromatic carbocycles. The lowest BCUT2D eigenvalue weighted by atomic mass is 9.85. The molecule has 2 aromatic rings. The second kappa shape index (κ2) is 9.42. The number of fused-ring (bicyclic) bond motifs is 1. The van der Waals surface area contributed by atoms with Crippen molar-refractivity contribution in [3.63, 3.8) is 0 Å². The highest BCUT2D eigenvalue weighted by atomic mass is 32.2. The van der Waals surface area contributed by atoms with Gasteiger partial charge >= 0.3 is 0 Å². The number of benzene rings is 1. The van der Waals surface area contributed by atoms with Gasteiger partial charge in [0.1, 0.15) is 10.6 Å². The van der Waals surface area contributed by atoms with Crippen molar-refractivity contribution in [1.29, 1.82) is 0 Å². The topological polar surface area (TPSA) is 132 Å². The molecule has 32 heavy (non-hydrogen) atoms. The summed E-state index contributed by atoms with van der Waals surface area (Å²) in [4.78, 5) is 6.14. The standard InChI is InChI=1S/C22H29N3O6S/c26-17-11-24-32(29,30)21-6-2-1-5-20(21)31-15-22(8-18(27)19(28)9-22)14-25(13-17)12-16-4-3-7-23-10-16/h1-7,10,17-19,24,26-28H,8-9,11-15H2/t17-,18-,19+,22?/m0/s1. The van der Waals surface area contributed by atoms with E-state index >= 15 is 0 Å². The Kier molecular flexibility index (Phi) is 6.80. The normalized spacial score (nSPS) is 31.3. The molecule has 9 nitrogen and oxygen atoms in total. The van der Waals surface area contributed by atoms with Crippen LogP contribution < -0.4 is 9.46 Å². The predicted octanol–water partition coefficient (Wildman–Crippen LogP) is 0.117. The highest BCUT2D eigenvalue weighted by molar-refractivity contribution is 7.89. The van der Waals surface area contributed by atoms with Crippen molar-refractivity contribution in [3.05, 3.63) is 54.4 Å². The molecule has 1 fully saturated rings. The Labute approximate surface area is 187 Å². The molecule has 0 saturated heterocycles. The fourth-order valence-electron chi connectivity index (χ4n) is 4.61. The number of aliphatic hydroxyl groups excluding tert-OH is 3. The fourth-order valence-corrected chi connectivity index (χ4v) is 5.83. The number of sulfonamides is 1. The highest BCUT2D eigenvalue weighted by Gasteiger charge is 2.46. The third kappa shape index (κ3) is 5.28. The summed E-state index contributed by atoms with van der Waals surface area (Å²) in [6, 6.07) is 10.1. The molecule has 10 heteroatoms. The van der Waals surface area contributed by atoms with Gasteiger partial charge in [-0.1, -0.05) is 18.2 Å². The van der Waals surface area contributed by atoms with Gasteiger partial charge in [-0.2, -0.15) is 0 Å². The summed E-state index contributed by atoms with van der Waals surface area (Å²) in [6.45, 7) is 1.09. The van der Waals surface area contributed by atoms with Crippen LogP contribution in [-0.2, 0) is 16.6 Å². The number of aromatic nitrogens is 1. The van der Waals surface area contributed by atoms with Crippen LogP contribution in [0.15, 0.2) is 53.7 Å². The minimum Gasteiger partial charge on any atom is -0.492 e. The molecular formula is C22H29N3O6S. The van der Waals surface area contributed by atoms with E-state index in [1.165, 1.54) is 6.07 Å². The van der Waals surface area contributed by atoms with E-state index in [4.69, 9.17) is 4.74 Å². The Hall–Kier alpha value is -2.08. The summed E-state index contributed by atoms with van der Waals surface area (Å²) < 4.78 is 34.2. The van der Waals surface area contributed by atoms with Gasteiger partial charge in [0.05, 0.1) is 24.9 Å². The fraction of sp³-hybridized carbons (Fsp3) is 0.500. The Balaban J connectivity index is 1.68. The third-order valence-electron chi connectivity index (χ3n) is 6.07. The van der Waals surface area contributed by atoms with Crippen LogP contribution in [0.25, 0.3) is 0 Å². The maximum Gasteiger partial charge on any atom is 0.244 e. The quantitative estimate of drug-likeness (QED) is 0.494. The number of hydrogen-bond donors (Lipinski definition) is 4. The Morgan fingerprint density at radius 3 is 2.59 bits per heavy atom. The molecule has 1 unspecified atom stereocenters. The van der Waals surface area contributed by atoms with E-state index in [0.29, 0.717) is 25.9 Å². The molecule has 2 aliphatic rings. The molecule has 0 radical (unpaired) electrons. The molecule has 174 valence electrons. The second-order valence-corrected chi connectivity index (χ2v) is 10.6.